The first-order chi connectivity index (χ1) is 9.88. The van der Waals surface area contributed by atoms with Crippen LogP contribution in [-0.4, -0.2) is 22.8 Å². The van der Waals surface area contributed by atoms with E-state index in [2.05, 4.69) is 4.98 Å². The molecule has 0 aliphatic rings. The van der Waals surface area contributed by atoms with E-state index in [0.29, 0.717) is 17.8 Å². The Bertz CT molecular complexity index is 680. The van der Waals surface area contributed by atoms with Crippen molar-refractivity contribution >= 4 is 11.6 Å². The van der Waals surface area contributed by atoms with Crippen LogP contribution >= 0.6 is 0 Å². The fourth-order valence-electron chi connectivity index (χ4n) is 2.31. The molecule has 1 aromatic heterocycles. The molecule has 2 N–H and O–H groups in total. The molecule has 1 heterocycles. The summed E-state index contributed by atoms with van der Waals surface area (Å²) in [6.07, 6.45) is 0. The number of aryl methyl sites for hydroxylation is 3. The van der Waals surface area contributed by atoms with Crippen LogP contribution in [0, 0.1) is 20.8 Å². The number of benzene rings is 1. The fourth-order valence-corrected chi connectivity index (χ4v) is 2.31. The molecule has 4 nitrogen and oxygen atoms in total. The van der Waals surface area contributed by atoms with Crippen LogP contribution in [0.5, 0.6) is 0 Å². The largest absolute Gasteiger partial charge is 0.398 e. The third-order valence-corrected chi connectivity index (χ3v) is 3.54. The minimum absolute atomic E-state index is 0.0393. The lowest BCUT2D eigenvalue weighted by atomic mass is 10.0. The van der Waals surface area contributed by atoms with E-state index in [1.807, 2.05) is 45.0 Å². The molecule has 0 bridgehead atoms. The van der Waals surface area contributed by atoms with Crippen molar-refractivity contribution in [2.75, 3.05) is 12.8 Å². The summed E-state index contributed by atoms with van der Waals surface area (Å²) in [7, 11) is 1.78. The van der Waals surface area contributed by atoms with E-state index < -0.39 is 0 Å². The SMILES string of the molecule is Cc1cccc(CN(C)C(=O)c2cc(N)c(C)cc2C)n1. The van der Waals surface area contributed by atoms with Gasteiger partial charge in [0.25, 0.3) is 5.91 Å². The van der Waals surface area contributed by atoms with Crippen molar-refractivity contribution < 1.29 is 4.79 Å². The molecule has 4 heteroatoms. The molecule has 0 unspecified atom stereocenters. The summed E-state index contributed by atoms with van der Waals surface area (Å²) in [6, 6.07) is 9.52. The minimum atomic E-state index is -0.0393. The second kappa shape index (κ2) is 5.95. The third kappa shape index (κ3) is 3.40. The number of carbonyl (C=O) groups excluding carboxylic acids is 1. The molecule has 0 atom stereocenters. The number of carbonyl (C=O) groups is 1. The zero-order valence-electron chi connectivity index (χ0n) is 13.0. The number of nitrogens with two attached hydrogens (primary N) is 1. The summed E-state index contributed by atoms with van der Waals surface area (Å²) < 4.78 is 0. The van der Waals surface area contributed by atoms with E-state index >= 15 is 0 Å². The Labute approximate surface area is 125 Å². The quantitative estimate of drug-likeness (QED) is 0.881. The van der Waals surface area contributed by atoms with Gasteiger partial charge < -0.3 is 10.6 Å². The van der Waals surface area contributed by atoms with Crippen LogP contribution in [0.3, 0.4) is 0 Å². The summed E-state index contributed by atoms with van der Waals surface area (Å²) in [5.41, 5.74) is 11.0. The highest BCUT2D eigenvalue weighted by Crippen LogP contribution is 2.19. The molecule has 0 radical (unpaired) electrons. The standard InChI is InChI=1S/C17H21N3O/c1-11-8-12(2)16(18)9-15(11)17(21)20(4)10-14-7-5-6-13(3)19-14/h5-9H,10,18H2,1-4H3. The first kappa shape index (κ1) is 15.0. The molecular weight excluding hydrogens is 262 g/mol. The topological polar surface area (TPSA) is 59.2 Å². The molecule has 110 valence electrons. The lowest BCUT2D eigenvalue weighted by molar-refractivity contribution is 0.0782. The Hall–Kier alpha value is -2.36. The van der Waals surface area contributed by atoms with E-state index in [1.165, 1.54) is 0 Å². The van der Waals surface area contributed by atoms with Crippen molar-refractivity contribution in [1.29, 1.82) is 0 Å². The normalized spacial score (nSPS) is 10.5. The number of rotatable bonds is 3. The second-order valence-electron chi connectivity index (χ2n) is 5.46. The molecule has 2 aromatic rings. The van der Waals surface area contributed by atoms with Gasteiger partial charge in [-0.05, 0) is 50.1 Å². The number of aromatic nitrogens is 1. The highest BCUT2D eigenvalue weighted by Gasteiger charge is 2.16. The maximum Gasteiger partial charge on any atom is 0.254 e. The summed E-state index contributed by atoms with van der Waals surface area (Å²) >= 11 is 0. The minimum Gasteiger partial charge on any atom is -0.398 e. The van der Waals surface area contributed by atoms with Gasteiger partial charge in [-0.2, -0.15) is 0 Å². The Morgan fingerprint density at radius 2 is 1.90 bits per heavy atom. The van der Waals surface area contributed by atoms with Crippen LogP contribution in [0.1, 0.15) is 32.9 Å². The Balaban J connectivity index is 2.22. The van der Waals surface area contributed by atoms with E-state index in [1.54, 1.807) is 18.0 Å². The molecule has 2 rings (SSSR count). The summed E-state index contributed by atoms with van der Waals surface area (Å²) in [4.78, 5) is 18.7. The average molecular weight is 283 g/mol. The Morgan fingerprint density at radius 1 is 1.19 bits per heavy atom. The zero-order valence-corrected chi connectivity index (χ0v) is 13.0. The van der Waals surface area contributed by atoms with Crippen molar-refractivity contribution in [2.45, 2.75) is 27.3 Å². The Morgan fingerprint density at radius 3 is 2.57 bits per heavy atom. The predicted octanol–water partition coefficient (Wildman–Crippen LogP) is 2.86. The number of hydrogen-bond donors (Lipinski definition) is 1. The van der Waals surface area contributed by atoms with Crippen molar-refractivity contribution in [3.63, 3.8) is 0 Å². The predicted molar refractivity (Wildman–Crippen MR) is 85.1 cm³/mol. The first-order valence-electron chi connectivity index (χ1n) is 6.93. The van der Waals surface area contributed by atoms with Gasteiger partial charge in [0.05, 0.1) is 12.2 Å². The number of amides is 1. The molecule has 0 saturated heterocycles. The molecule has 1 amide bonds. The third-order valence-electron chi connectivity index (χ3n) is 3.54. The van der Waals surface area contributed by atoms with Gasteiger partial charge in [0.1, 0.15) is 0 Å². The maximum absolute atomic E-state index is 12.6. The van der Waals surface area contributed by atoms with Gasteiger partial charge in [0.15, 0.2) is 0 Å². The summed E-state index contributed by atoms with van der Waals surface area (Å²) in [5.74, 6) is -0.0393. The highest BCUT2D eigenvalue weighted by atomic mass is 16.2. The van der Waals surface area contributed by atoms with Crippen molar-refractivity contribution in [1.82, 2.24) is 9.88 Å². The summed E-state index contributed by atoms with van der Waals surface area (Å²) in [6.45, 7) is 6.29. The lowest BCUT2D eigenvalue weighted by Crippen LogP contribution is -2.27. The maximum atomic E-state index is 12.6. The van der Waals surface area contributed by atoms with Crippen molar-refractivity contribution in [3.8, 4) is 0 Å². The Kier molecular flexibility index (Phi) is 4.26. The molecule has 0 fully saturated rings. The average Bonchev–Trinajstić information content (AvgIpc) is 2.42. The van der Waals surface area contributed by atoms with Crippen LogP contribution in [0.15, 0.2) is 30.3 Å². The van der Waals surface area contributed by atoms with Gasteiger partial charge in [-0.1, -0.05) is 12.1 Å². The van der Waals surface area contributed by atoms with Gasteiger partial charge in [0, 0.05) is 24.0 Å². The van der Waals surface area contributed by atoms with Crippen LogP contribution in [-0.2, 0) is 6.54 Å². The molecule has 21 heavy (non-hydrogen) atoms. The van der Waals surface area contributed by atoms with Crippen LogP contribution in [0.2, 0.25) is 0 Å². The number of hydrogen-bond acceptors (Lipinski definition) is 3. The number of anilines is 1. The molecule has 0 saturated carbocycles. The van der Waals surface area contributed by atoms with Gasteiger partial charge in [-0.25, -0.2) is 0 Å². The van der Waals surface area contributed by atoms with Gasteiger partial charge >= 0.3 is 0 Å². The molecule has 1 aromatic carbocycles. The van der Waals surface area contributed by atoms with Crippen molar-refractivity contribution in [3.05, 3.63) is 58.4 Å². The summed E-state index contributed by atoms with van der Waals surface area (Å²) in [5, 5.41) is 0. The van der Waals surface area contributed by atoms with Crippen LogP contribution in [0.4, 0.5) is 5.69 Å². The fraction of sp³-hybridized carbons (Fsp3) is 0.294. The molecule has 0 spiro atoms. The van der Waals surface area contributed by atoms with Crippen LogP contribution < -0.4 is 5.73 Å². The second-order valence-corrected chi connectivity index (χ2v) is 5.46. The number of nitrogen functional groups attached to an aromatic ring is 1. The van der Waals surface area contributed by atoms with E-state index in [0.717, 1.165) is 22.5 Å². The highest BCUT2D eigenvalue weighted by molar-refractivity contribution is 5.96. The monoisotopic (exact) mass is 283 g/mol. The number of pyridine rings is 1. The molecular formula is C17H21N3O. The smallest absolute Gasteiger partial charge is 0.254 e. The molecule has 0 aliphatic carbocycles. The van der Waals surface area contributed by atoms with Gasteiger partial charge in [-0.3, -0.25) is 9.78 Å². The van der Waals surface area contributed by atoms with Crippen LogP contribution in [0.25, 0.3) is 0 Å². The van der Waals surface area contributed by atoms with E-state index in [-0.39, 0.29) is 5.91 Å². The van der Waals surface area contributed by atoms with Gasteiger partial charge in [-0.15, -0.1) is 0 Å². The zero-order chi connectivity index (χ0) is 15.6. The lowest BCUT2D eigenvalue weighted by Gasteiger charge is -2.19. The van der Waals surface area contributed by atoms with Gasteiger partial charge in [0.2, 0.25) is 0 Å². The number of nitrogens with zero attached hydrogens (tertiary/aromatic N) is 2. The van der Waals surface area contributed by atoms with E-state index in [9.17, 15) is 4.79 Å². The first-order valence-corrected chi connectivity index (χ1v) is 6.93. The van der Waals surface area contributed by atoms with E-state index in [4.69, 9.17) is 5.73 Å². The molecule has 0 aliphatic heterocycles. The van der Waals surface area contributed by atoms with Crippen molar-refractivity contribution in [2.24, 2.45) is 0 Å².